The van der Waals surface area contributed by atoms with E-state index in [1.165, 1.54) is 36.4 Å². The number of alkyl halides is 6. The highest BCUT2D eigenvalue weighted by molar-refractivity contribution is 7.98. The highest BCUT2D eigenvalue weighted by atomic mass is 32.2. The second-order valence-corrected chi connectivity index (χ2v) is 23.2. The number of thioether (sulfide) groups is 2. The number of rotatable bonds is 26. The molecule has 0 aliphatic heterocycles. The average Bonchev–Trinajstić information content (AvgIpc) is 1.52. The van der Waals surface area contributed by atoms with Gasteiger partial charge in [0.1, 0.15) is 24.7 Å². The molecule has 0 saturated carbocycles. The minimum Gasteiger partial charge on any atom is -0.336 e. The van der Waals surface area contributed by atoms with Crippen molar-refractivity contribution < 1.29 is 80.4 Å². The second kappa shape index (κ2) is 32.9. The molecule has 0 radical (unpaired) electrons. The standard InChI is InChI=1S/2C37H40F4N4O2S/c1-4-43(5-2)18-19-44(22-26-6-10-28(11-7-26)29-12-14-30(15-13-29)37(39,40)41)34(46)23-45-33-21-25(3)20-32(33)35(47)42-36(45)48-24-27-8-16-31(38)17-9-27;1-4-43(5-2)19-20-44(22-26-9-13-28(14-10-26)29-15-18-32(25(3)21-29)37(39,40)41)34(46)23-45-33-8-6-7-31(33)35(47)42-36(45)48-24-27-11-16-30(38)17-12-27/h6-17,25H,4-5,18-24H2,1-3H3;9-18,21H,4-8,19-20,22-24H2,1-3H3/i8D,9D,16D,17D,20D2,21D2,22D2,25D;9D,10D,11D,12D,13D,14D,15D,16D,17D,18D,21D,22D2,24D2. The average molecular weight is 1390 g/mol. The van der Waals surface area contributed by atoms with Crippen LogP contribution in [0.1, 0.15) is 138 Å². The maximum Gasteiger partial charge on any atom is 0.416 e. The molecule has 10 rings (SSSR count). The van der Waals surface area contributed by atoms with E-state index in [1.54, 1.807) is 18.7 Å². The summed E-state index contributed by atoms with van der Waals surface area (Å²) in [5.74, 6) is -8.19. The van der Waals surface area contributed by atoms with Crippen molar-refractivity contribution in [2.75, 3.05) is 52.4 Å². The van der Waals surface area contributed by atoms with Gasteiger partial charge in [-0.15, -0.1) is 0 Å². The molecule has 508 valence electrons. The van der Waals surface area contributed by atoms with Crippen molar-refractivity contribution in [3.8, 4) is 22.3 Å². The fourth-order valence-electron chi connectivity index (χ4n) is 10.0. The van der Waals surface area contributed by atoms with Gasteiger partial charge in [0, 0.05) is 82.7 Å². The number of carbonyl (C=O) groups is 2. The van der Waals surface area contributed by atoms with Gasteiger partial charge in [-0.2, -0.15) is 36.3 Å². The summed E-state index contributed by atoms with van der Waals surface area (Å²) in [7, 11) is 0. The van der Waals surface area contributed by atoms with Gasteiger partial charge in [0.2, 0.25) is 11.8 Å². The largest absolute Gasteiger partial charge is 0.416 e. The van der Waals surface area contributed by atoms with Gasteiger partial charge in [-0.25, -0.2) is 8.78 Å². The molecular weight excluding hydrogens is 1280 g/mol. The number of nitrogens with zero attached hydrogens (tertiary/aromatic N) is 8. The minimum atomic E-state index is -5.16. The first-order chi connectivity index (χ1) is 56.3. The van der Waals surface area contributed by atoms with Crippen molar-refractivity contribution >= 4 is 35.3 Å². The van der Waals surface area contributed by atoms with Crippen molar-refractivity contribution in [3.63, 3.8) is 0 Å². The molecular formula is C74H80F8N8O4S2. The van der Waals surface area contributed by atoms with Crippen molar-refractivity contribution in [2.45, 2.75) is 134 Å². The van der Waals surface area contributed by atoms with Crippen LogP contribution in [0.15, 0.2) is 159 Å². The Morgan fingerprint density at radius 2 is 1.07 bits per heavy atom. The fraction of sp³-hybridized carbons (Fsp3) is 0.378. The number of aromatic nitrogens is 4. The third-order valence-electron chi connectivity index (χ3n) is 15.2. The lowest BCUT2D eigenvalue weighted by molar-refractivity contribution is -0.138. The van der Waals surface area contributed by atoms with E-state index >= 15 is 0 Å². The lowest BCUT2D eigenvalue weighted by Gasteiger charge is -2.28. The molecule has 96 heavy (non-hydrogen) atoms. The summed E-state index contributed by atoms with van der Waals surface area (Å²) in [6.45, 7) is 2.70. The first kappa shape index (κ1) is 44.8. The fourth-order valence-corrected chi connectivity index (χ4v) is 11.6. The predicted octanol–water partition coefficient (Wildman–Crippen LogP) is 15.0. The Bertz CT molecular complexity index is 5450. The topological polar surface area (TPSA) is 117 Å². The Balaban J connectivity index is 0.000000278. The van der Waals surface area contributed by atoms with E-state index in [2.05, 4.69) is 9.97 Å². The van der Waals surface area contributed by atoms with E-state index in [1.807, 2.05) is 18.7 Å². The predicted molar refractivity (Wildman–Crippen MR) is 362 cm³/mol. The third-order valence-corrected chi connectivity index (χ3v) is 17.0. The van der Waals surface area contributed by atoms with Crippen molar-refractivity contribution in [1.29, 1.82) is 0 Å². The summed E-state index contributed by atoms with van der Waals surface area (Å²) >= 11 is 0.677. The van der Waals surface area contributed by atoms with Crippen LogP contribution >= 0.6 is 23.5 Å². The molecule has 12 nitrogen and oxygen atoms in total. The van der Waals surface area contributed by atoms with E-state index in [0.29, 0.717) is 60.4 Å². The van der Waals surface area contributed by atoms with Gasteiger partial charge in [0.05, 0.1) is 37.2 Å². The summed E-state index contributed by atoms with van der Waals surface area (Å²) in [4.78, 5) is 69.2. The molecule has 0 N–H and O–H groups in total. The molecule has 1 unspecified atom stereocenters. The van der Waals surface area contributed by atoms with Crippen LogP contribution in [0.4, 0.5) is 35.1 Å². The van der Waals surface area contributed by atoms with Crippen LogP contribution in [-0.2, 0) is 85.1 Å². The quantitative estimate of drug-likeness (QED) is 0.0295. The lowest BCUT2D eigenvalue weighted by atomic mass is 9.98. The third kappa shape index (κ3) is 19.0. The van der Waals surface area contributed by atoms with Gasteiger partial charge >= 0.3 is 12.4 Å². The number of likely N-dealkylation sites (N-methyl/N-ethyl adjacent to an activating group) is 2. The maximum absolute atomic E-state index is 14.7. The normalized spacial score (nSPS) is 19.8. The zero-order chi connectivity index (χ0) is 91.8. The van der Waals surface area contributed by atoms with Gasteiger partial charge in [-0.3, -0.25) is 19.2 Å². The summed E-state index contributed by atoms with van der Waals surface area (Å²) < 4.78 is 336. The van der Waals surface area contributed by atoms with Crippen LogP contribution in [0.25, 0.3) is 22.3 Å². The van der Waals surface area contributed by atoms with Gasteiger partial charge in [0.25, 0.3) is 11.1 Å². The number of fused-ring (bicyclic) bond motifs is 2. The molecule has 8 aromatic rings. The van der Waals surface area contributed by atoms with Crippen molar-refractivity contribution in [1.82, 2.24) is 38.7 Å². The van der Waals surface area contributed by atoms with E-state index < -0.39 is 261 Å². The van der Waals surface area contributed by atoms with Crippen LogP contribution < -0.4 is 11.1 Å². The first-order valence-electron chi connectivity index (χ1n) is 43.1. The molecule has 0 spiro atoms. The van der Waals surface area contributed by atoms with Crippen molar-refractivity contribution in [2.24, 2.45) is 5.89 Å². The van der Waals surface area contributed by atoms with Crippen LogP contribution in [0.5, 0.6) is 0 Å². The van der Waals surface area contributed by atoms with E-state index in [0.717, 1.165) is 40.0 Å². The molecule has 2 heterocycles. The minimum absolute atomic E-state index is 0.0152. The van der Waals surface area contributed by atoms with Gasteiger partial charge in [-0.1, -0.05) is 155 Å². The number of carbonyl (C=O) groups excluding carboxylic acids is 2. The summed E-state index contributed by atoms with van der Waals surface area (Å²) in [5.41, 5.74) is -12.5. The number of hydrogen-bond donors (Lipinski definition) is 0. The summed E-state index contributed by atoms with van der Waals surface area (Å²) in [6.07, 6.45) is -14.9. The van der Waals surface area contributed by atoms with Crippen LogP contribution in [-0.4, -0.2) is 103 Å². The number of benzene rings is 6. The number of amides is 2. The van der Waals surface area contributed by atoms with Crippen molar-refractivity contribution in [3.05, 3.63) is 233 Å². The molecule has 2 aliphatic carbocycles. The van der Waals surface area contributed by atoms with E-state index in [-0.39, 0.29) is 66.6 Å². The van der Waals surface area contributed by atoms with E-state index in [4.69, 9.17) is 30.2 Å². The maximum atomic E-state index is 14.7. The highest BCUT2D eigenvalue weighted by Gasteiger charge is 2.34. The SMILES string of the molecule is [2H]c1c([2H])c(C([2H])([2H])Sc2nc(=O)c3c(n2CC(=O)N(CCN(CC)CC)C([2H])([2H])c2c([2H])c([2H])c(-c4c([2H])c([2H])c(C(F)(F)F)c(C)c4[2H])c([2H])c2[2H])CCC3)c([2H])c([2H])c1F.[2H]c1c([2H])c(CSc2nc(=O)c3c(n2CC(=O)N(CCN(CC)CC)C([2H])([2H])c2ccc(-c4ccc(C(F)(F)F)cc4)cc2)C([2H])([2H])C([2H])(C)C3([2H])[2H])c([2H])c([2H])c1F. The molecule has 2 aromatic heterocycles. The smallest absolute Gasteiger partial charge is 0.336 e. The molecule has 1 atom stereocenters. The zero-order valence-electron chi connectivity index (χ0n) is 78.6. The lowest BCUT2D eigenvalue weighted by Crippen LogP contribution is -2.40. The van der Waals surface area contributed by atoms with Gasteiger partial charge < -0.3 is 28.7 Å². The number of hydrogen-bond acceptors (Lipinski definition) is 10. The summed E-state index contributed by atoms with van der Waals surface area (Å²) in [5, 5.41) is -0.957. The zero-order valence-corrected chi connectivity index (χ0v) is 54.2. The Labute approximate surface area is 600 Å². The molecule has 22 heteroatoms. The van der Waals surface area contributed by atoms with Crippen LogP contribution in [0, 0.1) is 24.5 Å². The Morgan fingerprint density at radius 3 is 1.61 bits per heavy atom. The first-order valence-corrected chi connectivity index (χ1v) is 31.9. The molecule has 0 fully saturated rings. The second-order valence-electron chi connectivity index (χ2n) is 21.4. The van der Waals surface area contributed by atoms with Crippen LogP contribution in [0.3, 0.4) is 0 Å². The Hall–Kier alpha value is -7.92. The summed E-state index contributed by atoms with van der Waals surface area (Å²) in [6, 6.07) is -5.79. The van der Waals surface area contributed by atoms with Crippen LogP contribution in [0.2, 0.25) is 0 Å². The Morgan fingerprint density at radius 1 is 0.583 bits per heavy atom. The van der Waals surface area contributed by atoms with E-state index in [9.17, 15) is 59.8 Å². The highest BCUT2D eigenvalue weighted by Crippen LogP contribution is 2.36. The molecule has 2 aliphatic rings. The van der Waals surface area contributed by atoms with Gasteiger partial charge in [-0.05, 0) is 163 Å². The Kier molecular flexibility index (Phi) is 15.4. The molecule has 0 bridgehead atoms. The molecule has 2 amide bonds. The van der Waals surface area contributed by atoms with Gasteiger partial charge in [0.15, 0.2) is 10.3 Å². The monoisotopic (exact) mass is 1390 g/mol. The molecule has 0 saturated heterocycles. The number of halogens is 8. The molecule has 6 aromatic carbocycles.